The molecular formula is C13H25IO2. The first-order valence-corrected chi connectivity index (χ1v) is 8.05. The van der Waals surface area contributed by atoms with Gasteiger partial charge in [0.05, 0.1) is 6.61 Å². The van der Waals surface area contributed by atoms with Crippen molar-refractivity contribution >= 4 is 28.6 Å². The lowest BCUT2D eigenvalue weighted by Crippen LogP contribution is -2.03. The maximum Gasteiger partial charge on any atom is 0.305 e. The molecule has 0 aliphatic carbocycles. The van der Waals surface area contributed by atoms with Gasteiger partial charge in [0, 0.05) is 6.42 Å². The van der Waals surface area contributed by atoms with Gasteiger partial charge in [-0.05, 0) is 24.2 Å². The molecule has 0 saturated heterocycles. The molecule has 0 fully saturated rings. The van der Waals surface area contributed by atoms with Crippen LogP contribution in [-0.4, -0.2) is 17.0 Å². The molecule has 0 amide bonds. The second-order valence-corrected chi connectivity index (χ2v) is 5.15. The Balaban J connectivity index is 3.01. The van der Waals surface area contributed by atoms with Gasteiger partial charge in [0.2, 0.25) is 0 Å². The number of hydrogen-bond acceptors (Lipinski definition) is 2. The molecule has 0 N–H and O–H groups in total. The van der Waals surface area contributed by atoms with Crippen LogP contribution in [0.25, 0.3) is 0 Å². The molecule has 3 heteroatoms. The van der Waals surface area contributed by atoms with Gasteiger partial charge in [-0.3, -0.25) is 4.79 Å². The molecular weight excluding hydrogens is 315 g/mol. The van der Waals surface area contributed by atoms with Gasteiger partial charge in [0.1, 0.15) is 0 Å². The van der Waals surface area contributed by atoms with Gasteiger partial charge in [-0.15, -0.1) is 0 Å². The second-order valence-electron chi connectivity index (χ2n) is 4.07. The number of halogens is 1. The molecule has 0 heterocycles. The van der Waals surface area contributed by atoms with Crippen LogP contribution in [0.4, 0.5) is 0 Å². The number of unbranched alkanes of at least 4 members (excludes halogenated alkanes) is 7. The van der Waals surface area contributed by atoms with E-state index in [1.807, 2.05) is 6.92 Å². The predicted octanol–water partition coefficient (Wildman–Crippen LogP) is 4.50. The van der Waals surface area contributed by atoms with Gasteiger partial charge in [-0.25, -0.2) is 0 Å². The Morgan fingerprint density at radius 3 is 1.94 bits per heavy atom. The summed E-state index contributed by atoms with van der Waals surface area (Å²) in [5.41, 5.74) is 0. The summed E-state index contributed by atoms with van der Waals surface area (Å²) >= 11 is 2.44. The summed E-state index contributed by atoms with van der Waals surface area (Å²) in [7, 11) is 0. The van der Waals surface area contributed by atoms with Crippen LogP contribution in [0, 0.1) is 0 Å². The highest BCUT2D eigenvalue weighted by Gasteiger charge is 2.00. The molecule has 0 bridgehead atoms. The molecule has 96 valence electrons. The van der Waals surface area contributed by atoms with Crippen molar-refractivity contribution in [3.05, 3.63) is 0 Å². The maximum absolute atomic E-state index is 11.0. The van der Waals surface area contributed by atoms with E-state index in [0.29, 0.717) is 13.0 Å². The Morgan fingerprint density at radius 1 is 0.938 bits per heavy atom. The monoisotopic (exact) mass is 340 g/mol. The highest BCUT2D eigenvalue weighted by Crippen LogP contribution is 2.10. The molecule has 0 radical (unpaired) electrons. The number of ether oxygens (including phenoxy) is 1. The molecule has 0 atom stereocenters. The van der Waals surface area contributed by atoms with E-state index in [4.69, 9.17) is 4.74 Å². The minimum atomic E-state index is -0.0375. The smallest absolute Gasteiger partial charge is 0.305 e. The minimum Gasteiger partial charge on any atom is -0.466 e. The molecule has 16 heavy (non-hydrogen) atoms. The first-order valence-electron chi connectivity index (χ1n) is 6.52. The fourth-order valence-corrected chi connectivity index (χ4v) is 2.20. The average molecular weight is 340 g/mol. The maximum atomic E-state index is 11.0. The molecule has 2 nitrogen and oxygen atoms in total. The number of carbonyl (C=O) groups excluding carboxylic acids is 1. The van der Waals surface area contributed by atoms with Crippen LogP contribution in [0.5, 0.6) is 0 Å². The lowest BCUT2D eigenvalue weighted by Gasteiger charge is -2.02. The normalized spacial score (nSPS) is 10.4. The second kappa shape index (κ2) is 13.3. The summed E-state index contributed by atoms with van der Waals surface area (Å²) < 4.78 is 6.16. The Kier molecular flexibility index (Phi) is 13.4. The van der Waals surface area contributed by atoms with E-state index in [0.717, 1.165) is 6.42 Å². The topological polar surface area (TPSA) is 26.3 Å². The van der Waals surface area contributed by atoms with Crippen LogP contribution < -0.4 is 0 Å². The van der Waals surface area contributed by atoms with Crippen molar-refractivity contribution in [2.45, 2.75) is 64.7 Å². The predicted molar refractivity (Wildman–Crippen MR) is 77.1 cm³/mol. The van der Waals surface area contributed by atoms with E-state index in [9.17, 15) is 4.79 Å². The van der Waals surface area contributed by atoms with Gasteiger partial charge >= 0.3 is 5.97 Å². The SMILES string of the molecule is CCOC(=O)CCCCCCCCCCI. The Morgan fingerprint density at radius 2 is 1.44 bits per heavy atom. The van der Waals surface area contributed by atoms with E-state index in [2.05, 4.69) is 22.6 Å². The quantitative estimate of drug-likeness (QED) is 0.240. The largest absolute Gasteiger partial charge is 0.466 e. The highest BCUT2D eigenvalue weighted by molar-refractivity contribution is 14.1. The Bertz CT molecular complexity index is 160. The van der Waals surface area contributed by atoms with Crippen LogP contribution in [0.2, 0.25) is 0 Å². The third kappa shape index (κ3) is 12.3. The van der Waals surface area contributed by atoms with Crippen molar-refractivity contribution in [3.63, 3.8) is 0 Å². The van der Waals surface area contributed by atoms with E-state index >= 15 is 0 Å². The van der Waals surface area contributed by atoms with Crippen molar-refractivity contribution in [1.29, 1.82) is 0 Å². The first-order chi connectivity index (χ1) is 7.81. The summed E-state index contributed by atoms with van der Waals surface area (Å²) in [4.78, 5) is 11.0. The lowest BCUT2D eigenvalue weighted by atomic mass is 10.1. The van der Waals surface area contributed by atoms with Gasteiger partial charge in [0.15, 0.2) is 0 Å². The fraction of sp³-hybridized carbons (Fsp3) is 0.923. The van der Waals surface area contributed by atoms with Crippen LogP contribution in [-0.2, 0) is 9.53 Å². The fourth-order valence-electron chi connectivity index (χ4n) is 1.66. The van der Waals surface area contributed by atoms with Crippen molar-refractivity contribution < 1.29 is 9.53 Å². The van der Waals surface area contributed by atoms with Gasteiger partial charge in [-0.1, -0.05) is 61.1 Å². The molecule has 0 aliphatic heterocycles. The van der Waals surface area contributed by atoms with Crippen molar-refractivity contribution in [3.8, 4) is 0 Å². The van der Waals surface area contributed by atoms with Gasteiger partial charge in [-0.2, -0.15) is 0 Å². The van der Waals surface area contributed by atoms with Crippen molar-refractivity contribution in [2.75, 3.05) is 11.0 Å². The molecule has 0 rings (SSSR count). The minimum absolute atomic E-state index is 0.0375. The standard InChI is InChI=1S/C13H25IO2/c1-2-16-13(15)11-9-7-5-3-4-6-8-10-12-14/h2-12H2,1H3. The molecule has 0 aromatic rings. The van der Waals surface area contributed by atoms with Crippen molar-refractivity contribution in [2.24, 2.45) is 0 Å². The third-order valence-corrected chi connectivity index (χ3v) is 3.33. The zero-order valence-corrected chi connectivity index (χ0v) is 12.6. The molecule has 0 aromatic carbocycles. The Labute approximate surface area is 114 Å². The van der Waals surface area contributed by atoms with E-state index in [1.165, 1.54) is 49.4 Å². The number of alkyl halides is 1. The lowest BCUT2D eigenvalue weighted by molar-refractivity contribution is -0.143. The van der Waals surface area contributed by atoms with E-state index in [1.54, 1.807) is 0 Å². The molecule has 0 saturated carbocycles. The number of carbonyl (C=O) groups is 1. The average Bonchev–Trinajstić information content (AvgIpc) is 2.27. The number of rotatable bonds is 11. The van der Waals surface area contributed by atoms with Crippen LogP contribution in [0.15, 0.2) is 0 Å². The summed E-state index contributed by atoms with van der Waals surface area (Å²) in [6.45, 7) is 2.36. The number of esters is 1. The van der Waals surface area contributed by atoms with Crippen LogP contribution >= 0.6 is 22.6 Å². The summed E-state index contributed by atoms with van der Waals surface area (Å²) in [5, 5.41) is 0. The third-order valence-electron chi connectivity index (χ3n) is 2.57. The highest BCUT2D eigenvalue weighted by atomic mass is 127. The molecule has 0 aliphatic rings. The van der Waals surface area contributed by atoms with Gasteiger partial charge < -0.3 is 4.74 Å². The first kappa shape index (κ1) is 16.2. The summed E-state index contributed by atoms with van der Waals surface area (Å²) in [5.74, 6) is -0.0375. The molecule has 0 spiro atoms. The van der Waals surface area contributed by atoms with Crippen LogP contribution in [0.3, 0.4) is 0 Å². The van der Waals surface area contributed by atoms with Gasteiger partial charge in [0.25, 0.3) is 0 Å². The van der Waals surface area contributed by atoms with Crippen LogP contribution in [0.1, 0.15) is 64.7 Å². The molecule has 0 aromatic heterocycles. The van der Waals surface area contributed by atoms with E-state index < -0.39 is 0 Å². The Hall–Kier alpha value is 0.200. The zero-order chi connectivity index (χ0) is 12.1. The van der Waals surface area contributed by atoms with E-state index in [-0.39, 0.29) is 5.97 Å². The zero-order valence-electron chi connectivity index (χ0n) is 10.5. The number of hydrogen-bond donors (Lipinski definition) is 0. The van der Waals surface area contributed by atoms with Crippen molar-refractivity contribution in [1.82, 2.24) is 0 Å². The summed E-state index contributed by atoms with van der Waals surface area (Å²) in [6.07, 6.45) is 10.8. The molecule has 0 unspecified atom stereocenters. The summed E-state index contributed by atoms with van der Waals surface area (Å²) in [6, 6.07) is 0.